The van der Waals surface area contributed by atoms with Crippen LogP contribution in [0.15, 0.2) is 66.9 Å². The molecule has 0 atom stereocenters. The minimum atomic E-state index is 0.666. The summed E-state index contributed by atoms with van der Waals surface area (Å²) in [6, 6.07) is 22.7. The van der Waals surface area contributed by atoms with Gasteiger partial charge in [0.15, 0.2) is 0 Å². The van der Waals surface area contributed by atoms with E-state index >= 15 is 0 Å². The van der Waals surface area contributed by atoms with Gasteiger partial charge in [-0.15, -0.1) is 0 Å². The lowest BCUT2D eigenvalue weighted by atomic mass is 10.0. The minimum absolute atomic E-state index is 0.666. The molecule has 0 radical (unpaired) electrons. The first-order valence-electron chi connectivity index (χ1n) is 11.2. The number of rotatable bonds is 4. The molecule has 32 heavy (non-hydrogen) atoms. The molecule has 1 fully saturated rings. The molecule has 160 valence electrons. The number of fused-ring (bicyclic) bond motifs is 1. The summed E-state index contributed by atoms with van der Waals surface area (Å²) < 4.78 is 2.26. The van der Waals surface area contributed by atoms with Crippen molar-refractivity contribution in [3.8, 4) is 28.5 Å². The molecule has 3 heterocycles. The molecule has 2 aromatic carbocycles. The average molecular weight is 422 g/mol. The van der Waals surface area contributed by atoms with Gasteiger partial charge in [0.05, 0.1) is 23.0 Å². The van der Waals surface area contributed by atoms with E-state index in [0.29, 0.717) is 5.56 Å². The van der Waals surface area contributed by atoms with Gasteiger partial charge in [-0.05, 0) is 67.4 Å². The van der Waals surface area contributed by atoms with Gasteiger partial charge in [0.2, 0.25) is 0 Å². The molecule has 5 heteroatoms. The Morgan fingerprint density at radius 1 is 0.969 bits per heavy atom. The summed E-state index contributed by atoms with van der Waals surface area (Å²) in [5.74, 6) is 0. The summed E-state index contributed by atoms with van der Waals surface area (Å²) in [7, 11) is 0. The molecular formula is C27H27N5. The van der Waals surface area contributed by atoms with E-state index in [1.165, 1.54) is 22.4 Å². The molecule has 1 saturated heterocycles. The van der Waals surface area contributed by atoms with Crippen LogP contribution in [0.2, 0.25) is 0 Å². The normalized spacial score (nSPS) is 14.9. The molecule has 0 unspecified atom stereocenters. The Labute approximate surface area is 188 Å². The van der Waals surface area contributed by atoms with Crippen molar-refractivity contribution in [2.24, 2.45) is 0 Å². The molecule has 1 N–H and O–H groups in total. The second-order valence-corrected chi connectivity index (χ2v) is 8.44. The standard InChI is InChI=1S/C27H27N5/c1-20-5-2-3-6-24(20)23-11-12-26-30-27(22-9-7-21(17-28)8-10-22)25(32(26)18-23)19-31-15-4-13-29-14-16-31/h2-3,5-12,18,29H,4,13-16,19H2,1H3. The molecule has 4 aromatic rings. The van der Waals surface area contributed by atoms with Gasteiger partial charge in [-0.3, -0.25) is 4.90 Å². The summed E-state index contributed by atoms with van der Waals surface area (Å²) in [4.78, 5) is 7.53. The molecule has 0 bridgehead atoms. The van der Waals surface area contributed by atoms with Crippen molar-refractivity contribution < 1.29 is 0 Å². The van der Waals surface area contributed by atoms with Crippen LogP contribution >= 0.6 is 0 Å². The van der Waals surface area contributed by atoms with Gasteiger partial charge in [-0.1, -0.05) is 36.4 Å². The first-order chi connectivity index (χ1) is 15.7. The number of imidazole rings is 1. The van der Waals surface area contributed by atoms with Gasteiger partial charge in [-0.25, -0.2) is 4.98 Å². The number of pyridine rings is 1. The molecule has 2 aromatic heterocycles. The van der Waals surface area contributed by atoms with Crippen LogP contribution in [0.3, 0.4) is 0 Å². The van der Waals surface area contributed by atoms with Crippen molar-refractivity contribution in [3.63, 3.8) is 0 Å². The van der Waals surface area contributed by atoms with Crippen LogP contribution in [0.4, 0.5) is 0 Å². The number of benzene rings is 2. The largest absolute Gasteiger partial charge is 0.315 e. The number of hydrogen-bond acceptors (Lipinski definition) is 4. The van der Waals surface area contributed by atoms with Gasteiger partial charge in [0.25, 0.3) is 0 Å². The van der Waals surface area contributed by atoms with E-state index in [1.807, 2.05) is 24.3 Å². The minimum Gasteiger partial charge on any atom is -0.315 e. The lowest BCUT2D eigenvalue weighted by molar-refractivity contribution is 0.281. The van der Waals surface area contributed by atoms with Gasteiger partial charge < -0.3 is 9.72 Å². The number of nitrogens with one attached hydrogen (secondary N) is 1. The predicted octanol–water partition coefficient (Wildman–Crippen LogP) is 4.64. The number of hydrogen-bond donors (Lipinski definition) is 1. The predicted molar refractivity (Wildman–Crippen MR) is 128 cm³/mol. The third-order valence-corrected chi connectivity index (χ3v) is 6.27. The van der Waals surface area contributed by atoms with Crippen molar-refractivity contribution >= 4 is 5.65 Å². The number of aromatic nitrogens is 2. The first-order valence-corrected chi connectivity index (χ1v) is 11.2. The fourth-order valence-electron chi connectivity index (χ4n) is 4.51. The molecule has 5 nitrogen and oxygen atoms in total. The molecule has 5 rings (SSSR count). The van der Waals surface area contributed by atoms with E-state index in [0.717, 1.165) is 56.0 Å². The van der Waals surface area contributed by atoms with E-state index < -0.39 is 0 Å². The van der Waals surface area contributed by atoms with Crippen LogP contribution in [0, 0.1) is 18.3 Å². The summed E-state index contributed by atoms with van der Waals surface area (Å²) in [5.41, 5.74) is 8.55. The van der Waals surface area contributed by atoms with Gasteiger partial charge in [0.1, 0.15) is 5.65 Å². The average Bonchev–Trinajstić information content (AvgIpc) is 2.98. The Hall–Kier alpha value is -3.46. The van der Waals surface area contributed by atoms with Crippen LogP contribution in [-0.2, 0) is 6.54 Å². The molecule has 1 aliphatic rings. The second-order valence-electron chi connectivity index (χ2n) is 8.44. The van der Waals surface area contributed by atoms with E-state index in [9.17, 15) is 5.26 Å². The highest BCUT2D eigenvalue weighted by Gasteiger charge is 2.19. The summed E-state index contributed by atoms with van der Waals surface area (Å²) in [6.07, 6.45) is 3.38. The highest BCUT2D eigenvalue weighted by atomic mass is 15.2. The van der Waals surface area contributed by atoms with Crippen molar-refractivity contribution in [2.45, 2.75) is 19.9 Å². The van der Waals surface area contributed by atoms with Crippen LogP contribution in [-0.4, -0.2) is 40.5 Å². The highest BCUT2D eigenvalue weighted by molar-refractivity contribution is 5.71. The van der Waals surface area contributed by atoms with E-state index in [-0.39, 0.29) is 0 Å². The van der Waals surface area contributed by atoms with Gasteiger partial charge >= 0.3 is 0 Å². The van der Waals surface area contributed by atoms with Crippen LogP contribution in [0.25, 0.3) is 28.0 Å². The molecule has 0 saturated carbocycles. The third-order valence-electron chi connectivity index (χ3n) is 6.27. The Kier molecular flexibility index (Phi) is 5.72. The zero-order chi connectivity index (χ0) is 21.9. The number of nitriles is 1. The Morgan fingerprint density at radius 3 is 2.59 bits per heavy atom. The first kappa shape index (κ1) is 20.4. The van der Waals surface area contributed by atoms with Crippen molar-refractivity contribution in [2.75, 3.05) is 26.2 Å². The van der Waals surface area contributed by atoms with Gasteiger partial charge in [-0.2, -0.15) is 5.26 Å². The molecule has 0 aliphatic carbocycles. The summed E-state index contributed by atoms with van der Waals surface area (Å²) in [5, 5.41) is 12.7. The van der Waals surface area contributed by atoms with Crippen LogP contribution < -0.4 is 5.32 Å². The maximum atomic E-state index is 9.19. The van der Waals surface area contributed by atoms with E-state index in [2.05, 4.69) is 70.2 Å². The van der Waals surface area contributed by atoms with Gasteiger partial charge in [0, 0.05) is 31.4 Å². The Bertz CT molecular complexity index is 1270. The lowest BCUT2D eigenvalue weighted by Crippen LogP contribution is -2.28. The summed E-state index contributed by atoms with van der Waals surface area (Å²) in [6.45, 7) is 7.18. The maximum Gasteiger partial charge on any atom is 0.137 e. The fraction of sp³-hybridized carbons (Fsp3) is 0.259. The fourth-order valence-corrected chi connectivity index (χ4v) is 4.51. The van der Waals surface area contributed by atoms with E-state index in [4.69, 9.17) is 4.98 Å². The monoisotopic (exact) mass is 421 g/mol. The Balaban J connectivity index is 1.64. The van der Waals surface area contributed by atoms with Crippen molar-refractivity contribution in [1.82, 2.24) is 19.6 Å². The smallest absolute Gasteiger partial charge is 0.137 e. The Morgan fingerprint density at radius 2 is 1.78 bits per heavy atom. The SMILES string of the molecule is Cc1ccccc1-c1ccc2nc(-c3ccc(C#N)cc3)c(CN3CCCNCC3)n2c1. The molecule has 1 aliphatic heterocycles. The number of aryl methyl sites for hydroxylation is 1. The maximum absolute atomic E-state index is 9.19. The van der Waals surface area contributed by atoms with Crippen LogP contribution in [0.5, 0.6) is 0 Å². The van der Waals surface area contributed by atoms with E-state index in [1.54, 1.807) is 0 Å². The second kappa shape index (κ2) is 8.96. The zero-order valence-corrected chi connectivity index (χ0v) is 18.4. The third kappa shape index (κ3) is 4.03. The number of nitrogens with zero attached hydrogens (tertiary/aromatic N) is 4. The van der Waals surface area contributed by atoms with Crippen molar-refractivity contribution in [1.29, 1.82) is 5.26 Å². The lowest BCUT2D eigenvalue weighted by Gasteiger charge is -2.20. The van der Waals surface area contributed by atoms with Crippen molar-refractivity contribution in [3.05, 3.63) is 83.7 Å². The zero-order valence-electron chi connectivity index (χ0n) is 18.4. The van der Waals surface area contributed by atoms with Crippen LogP contribution in [0.1, 0.15) is 23.2 Å². The molecule has 0 spiro atoms. The molecular weight excluding hydrogens is 394 g/mol. The molecule has 0 amide bonds. The topological polar surface area (TPSA) is 56.4 Å². The quantitative estimate of drug-likeness (QED) is 0.521. The summed E-state index contributed by atoms with van der Waals surface area (Å²) >= 11 is 0. The highest BCUT2D eigenvalue weighted by Crippen LogP contribution is 2.29.